The molecule has 0 spiro atoms. The van der Waals surface area contributed by atoms with Gasteiger partial charge in [-0.05, 0) is 36.8 Å². The van der Waals surface area contributed by atoms with Gasteiger partial charge in [0.25, 0.3) is 5.91 Å². The molecule has 132 valence electrons. The maximum atomic E-state index is 13.6. The Balaban J connectivity index is 1.69. The number of anilines is 2. The zero-order chi connectivity index (χ0) is 18.5. The van der Waals surface area contributed by atoms with E-state index in [0.29, 0.717) is 16.3 Å². The summed E-state index contributed by atoms with van der Waals surface area (Å²) in [5, 5.41) is 6.27. The molecule has 0 aliphatic rings. The average molecular weight is 371 g/mol. The molecule has 0 atom stereocenters. The van der Waals surface area contributed by atoms with E-state index in [1.165, 1.54) is 18.3 Å². The summed E-state index contributed by atoms with van der Waals surface area (Å²) in [5.41, 5.74) is 2.25. The van der Waals surface area contributed by atoms with Crippen molar-refractivity contribution in [2.45, 2.75) is 13.5 Å². The quantitative estimate of drug-likeness (QED) is 0.704. The van der Waals surface area contributed by atoms with Gasteiger partial charge in [-0.2, -0.15) is 0 Å². The third-order valence-electron chi connectivity index (χ3n) is 3.71. The van der Waals surface area contributed by atoms with Crippen LogP contribution < -0.4 is 10.6 Å². The van der Waals surface area contributed by atoms with Crippen molar-refractivity contribution in [1.29, 1.82) is 0 Å². The Morgan fingerprint density at radius 1 is 1.19 bits per heavy atom. The minimum absolute atomic E-state index is 0.0752. The van der Waals surface area contributed by atoms with Crippen molar-refractivity contribution in [3.05, 3.63) is 82.4 Å². The number of hydrogen-bond donors (Lipinski definition) is 2. The van der Waals surface area contributed by atoms with Crippen LogP contribution in [-0.4, -0.2) is 15.9 Å². The lowest BCUT2D eigenvalue weighted by Crippen LogP contribution is -2.24. The molecule has 1 heterocycles. The smallest absolute Gasteiger partial charge is 0.270 e. The van der Waals surface area contributed by atoms with Gasteiger partial charge in [0, 0.05) is 29.0 Å². The second-order valence-electron chi connectivity index (χ2n) is 5.63. The number of halogens is 2. The van der Waals surface area contributed by atoms with Gasteiger partial charge in [0.15, 0.2) is 0 Å². The molecule has 26 heavy (non-hydrogen) atoms. The molecule has 1 amide bonds. The van der Waals surface area contributed by atoms with E-state index in [4.69, 9.17) is 11.6 Å². The summed E-state index contributed by atoms with van der Waals surface area (Å²) in [6.07, 6.45) is 1.48. The molecule has 0 saturated heterocycles. The highest BCUT2D eigenvalue weighted by Crippen LogP contribution is 2.21. The number of carbonyl (C=O) groups is 1. The van der Waals surface area contributed by atoms with E-state index in [0.717, 1.165) is 5.56 Å². The van der Waals surface area contributed by atoms with Crippen LogP contribution in [0.5, 0.6) is 0 Å². The van der Waals surface area contributed by atoms with Crippen LogP contribution in [0, 0.1) is 12.7 Å². The van der Waals surface area contributed by atoms with Crippen LogP contribution in [0.2, 0.25) is 5.02 Å². The van der Waals surface area contributed by atoms with Crippen LogP contribution in [0.4, 0.5) is 16.0 Å². The Kier molecular flexibility index (Phi) is 5.43. The number of hydrogen-bond acceptors (Lipinski definition) is 4. The molecular weight excluding hydrogens is 355 g/mol. The fourth-order valence-corrected chi connectivity index (χ4v) is 2.43. The number of rotatable bonds is 5. The molecule has 0 aliphatic heterocycles. The van der Waals surface area contributed by atoms with Crippen molar-refractivity contribution in [2.24, 2.45) is 0 Å². The lowest BCUT2D eigenvalue weighted by molar-refractivity contribution is 0.0945. The summed E-state index contributed by atoms with van der Waals surface area (Å²) in [5.74, 6) is -0.516. The van der Waals surface area contributed by atoms with Gasteiger partial charge in [0.1, 0.15) is 11.5 Å². The predicted molar refractivity (Wildman–Crippen MR) is 99.1 cm³/mol. The summed E-state index contributed by atoms with van der Waals surface area (Å²) in [7, 11) is 0. The summed E-state index contributed by atoms with van der Waals surface area (Å²) in [6, 6.07) is 13.2. The third-order valence-corrected chi connectivity index (χ3v) is 4.12. The molecule has 0 unspecified atom stereocenters. The van der Waals surface area contributed by atoms with Gasteiger partial charge in [-0.1, -0.05) is 35.9 Å². The second-order valence-corrected chi connectivity index (χ2v) is 6.04. The molecule has 5 nitrogen and oxygen atoms in total. The van der Waals surface area contributed by atoms with Crippen molar-refractivity contribution in [1.82, 2.24) is 15.3 Å². The summed E-state index contributed by atoms with van der Waals surface area (Å²) in [4.78, 5) is 20.5. The number of aromatic nitrogens is 2. The maximum Gasteiger partial charge on any atom is 0.270 e. The highest BCUT2D eigenvalue weighted by atomic mass is 35.5. The van der Waals surface area contributed by atoms with E-state index >= 15 is 0 Å². The Morgan fingerprint density at radius 2 is 2.00 bits per heavy atom. The highest BCUT2D eigenvalue weighted by Gasteiger charge is 2.10. The van der Waals surface area contributed by atoms with Crippen LogP contribution >= 0.6 is 11.6 Å². The first-order valence-electron chi connectivity index (χ1n) is 7.91. The van der Waals surface area contributed by atoms with Crippen molar-refractivity contribution >= 4 is 29.1 Å². The lowest BCUT2D eigenvalue weighted by atomic mass is 10.2. The first-order chi connectivity index (χ1) is 12.5. The van der Waals surface area contributed by atoms with E-state index < -0.39 is 5.91 Å². The summed E-state index contributed by atoms with van der Waals surface area (Å²) < 4.78 is 13.6. The molecule has 0 saturated carbocycles. The van der Waals surface area contributed by atoms with E-state index in [-0.39, 0.29) is 24.0 Å². The molecule has 7 heteroatoms. The zero-order valence-corrected chi connectivity index (χ0v) is 14.7. The van der Waals surface area contributed by atoms with E-state index in [9.17, 15) is 9.18 Å². The first-order valence-corrected chi connectivity index (χ1v) is 8.28. The lowest BCUT2D eigenvalue weighted by Gasteiger charge is -2.09. The monoisotopic (exact) mass is 370 g/mol. The molecule has 3 rings (SSSR count). The average Bonchev–Trinajstić information content (AvgIpc) is 2.64. The Bertz CT molecular complexity index is 948. The molecule has 0 aliphatic carbocycles. The van der Waals surface area contributed by atoms with E-state index in [1.54, 1.807) is 24.3 Å². The molecule has 0 radical (unpaired) electrons. The first kappa shape index (κ1) is 17.8. The topological polar surface area (TPSA) is 66.9 Å². The highest BCUT2D eigenvalue weighted by molar-refractivity contribution is 6.31. The molecule has 2 aromatic carbocycles. The van der Waals surface area contributed by atoms with Crippen molar-refractivity contribution in [2.75, 3.05) is 5.32 Å². The van der Waals surface area contributed by atoms with Gasteiger partial charge in [0.2, 0.25) is 5.95 Å². The number of nitrogens with zero attached hydrogens (tertiary/aromatic N) is 2. The molecule has 2 N–H and O–H groups in total. The van der Waals surface area contributed by atoms with Gasteiger partial charge >= 0.3 is 0 Å². The summed E-state index contributed by atoms with van der Waals surface area (Å²) in [6.45, 7) is 1.98. The largest absolute Gasteiger partial charge is 0.347 e. The number of nitrogens with one attached hydrogen (secondary N) is 2. The predicted octanol–water partition coefficient (Wildman–Crippen LogP) is 4.25. The number of amides is 1. The molecular formula is C19H16ClFN4O. The Labute approximate surface area is 155 Å². The Morgan fingerprint density at radius 3 is 2.77 bits per heavy atom. The van der Waals surface area contributed by atoms with Gasteiger partial charge < -0.3 is 10.6 Å². The van der Waals surface area contributed by atoms with Crippen molar-refractivity contribution < 1.29 is 9.18 Å². The molecule has 1 aromatic heterocycles. The molecule has 0 bridgehead atoms. The zero-order valence-electron chi connectivity index (χ0n) is 14.0. The van der Waals surface area contributed by atoms with Gasteiger partial charge in [-0.25, -0.2) is 14.4 Å². The fourth-order valence-electron chi connectivity index (χ4n) is 2.25. The van der Waals surface area contributed by atoms with Crippen LogP contribution in [0.1, 0.15) is 21.6 Å². The van der Waals surface area contributed by atoms with Crippen molar-refractivity contribution in [3.8, 4) is 0 Å². The standard InChI is InChI=1S/C19H16ClFN4O/c1-12-6-7-14(10-15(12)20)24-19-22-9-8-17(25-19)18(26)23-11-13-4-2-3-5-16(13)21/h2-10H,11H2,1H3,(H,23,26)(H,22,24,25). The third kappa shape index (κ3) is 4.34. The number of carbonyl (C=O) groups excluding carboxylic acids is 1. The Hall–Kier alpha value is -2.99. The van der Waals surface area contributed by atoms with Gasteiger partial charge in [-0.3, -0.25) is 4.79 Å². The minimum atomic E-state index is -0.416. The van der Waals surface area contributed by atoms with Crippen LogP contribution in [0.25, 0.3) is 0 Å². The molecule has 3 aromatic rings. The number of aryl methyl sites for hydroxylation is 1. The van der Waals surface area contributed by atoms with Crippen LogP contribution in [0.15, 0.2) is 54.7 Å². The fraction of sp³-hybridized carbons (Fsp3) is 0.105. The normalized spacial score (nSPS) is 10.4. The van der Waals surface area contributed by atoms with E-state index in [1.807, 2.05) is 19.1 Å². The van der Waals surface area contributed by atoms with E-state index in [2.05, 4.69) is 20.6 Å². The SMILES string of the molecule is Cc1ccc(Nc2nccc(C(=O)NCc3ccccc3F)n2)cc1Cl. The number of benzene rings is 2. The van der Waals surface area contributed by atoms with Crippen LogP contribution in [-0.2, 0) is 6.54 Å². The van der Waals surface area contributed by atoms with Gasteiger partial charge in [0.05, 0.1) is 0 Å². The summed E-state index contributed by atoms with van der Waals surface area (Å²) >= 11 is 6.10. The maximum absolute atomic E-state index is 13.6. The van der Waals surface area contributed by atoms with Crippen LogP contribution in [0.3, 0.4) is 0 Å². The van der Waals surface area contributed by atoms with Gasteiger partial charge in [-0.15, -0.1) is 0 Å². The molecule has 0 fully saturated rings. The second kappa shape index (κ2) is 7.93. The van der Waals surface area contributed by atoms with Crippen molar-refractivity contribution in [3.63, 3.8) is 0 Å². The minimum Gasteiger partial charge on any atom is -0.347 e.